The van der Waals surface area contributed by atoms with Crippen LogP contribution in [0.5, 0.6) is 0 Å². The zero-order valence-electron chi connectivity index (χ0n) is 10.1. The lowest BCUT2D eigenvalue weighted by atomic mass is 10.1. The lowest BCUT2D eigenvalue weighted by Crippen LogP contribution is -2.23. The van der Waals surface area contributed by atoms with E-state index in [4.69, 9.17) is 11.1 Å². The molecule has 0 unspecified atom stereocenters. The maximum Gasteiger partial charge on any atom is 0.232 e. The Balaban J connectivity index is 2.42. The summed E-state index contributed by atoms with van der Waals surface area (Å²) in [6.07, 6.45) is 0. The molecular formula is C12H17N3OS. The second-order valence-electron chi connectivity index (χ2n) is 3.89. The third-order valence-corrected chi connectivity index (χ3v) is 3.25. The summed E-state index contributed by atoms with van der Waals surface area (Å²) < 4.78 is 0. The van der Waals surface area contributed by atoms with Gasteiger partial charge in [-0.05, 0) is 5.56 Å². The summed E-state index contributed by atoms with van der Waals surface area (Å²) in [6.45, 7) is 0. The number of amidine groups is 1. The summed E-state index contributed by atoms with van der Waals surface area (Å²) in [5.74, 6) is 1.47. The number of rotatable bonds is 5. The molecule has 17 heavy (non-hydrogen) atoms. The second-order valence-corrected chi connectivity index (χ2v) is 4.88. The largest absolute Gasteiger partial charge is 0.384 e. The number of carbonyl (C=O) groups is 1. The number of hydrogen-bond donors (Lipinski definition) is 2. The average molecular weight is 251 g/mol. The fourth-order valence-corrected chi connectivity index (χ4v) is 2.13. The molecule has 0 aliphatic heterocycles. The van der Waals surface area contributed by atoms with Crippen LogP contribution in [0.2, 0.25) is 0 Å². The molecule has 0 aliphatic carbocycles. The minimum absolute atomic E-state index is 0.0759. The monoisotopic (exact) mass is 251 g/mol. The van der Waals surface area contributed by atoms with Gasteiger partial charge in [0.2, 0.25) is 5.91 Å². The van der Waals surface area contributed by atoms with Crippen LogP contribution in [0.3, 0.4) is 0 Å². The van der Waals surface area contributed by atoms with Gasteiger partial charge in [-0.1, -0.05) is 24.3 Å². The van der Waals surface area contributed by atoms with Crippen molar-refractivity contribution >= 4 is 23.5 Å². The Morgan fingerprint density at radius 1 is 1.35 bits per heavy atom. The Morgan fingerprint density at radius 2 is 1.94 bits per heavy atom. The molecule has 0 bridgehead atoms. The number of nitrogens with two attached hydrogens (primary N) is 1. The van der Waals surface area contributed by atoms with Crippen LogP contribution in [0.15, 0.2) is 24.3 Å². The van der Waals surface area contributed by atoms with Crippen LogP contribution in [-0.2, 0) is 10.5 Å². The first-order valence-corrected chi connectivity index (χ1v) is 6.37. The molecule has 1 amide bonds. The molecule has 0 saturated heterocycles. The van der Waals surface area contributed by atoms with Crippen LogP contribution in [0.1, 0.15) is 11.1 Å². The number of benzene rings is 1. The molecule has 0 atom stereocenters. The standard InChI is InChI=1S/C12H17N3OS/c1-15(2)11(16)8-17-7-9-3-5-10(6-4-9)12(13)14/h3-6H,7-8H2,1-2H3,(H3,13,14). The lowest BCUT2D eigenvalue weighted by molar-refractivity contribution is -0.125. The summed E-state index contributed by atoms with van der Waals surface area (Å²) in [4.78, 5) is 12.9. The van der Waals surface area contributed by atoms with E-state index in [2.05, 4.69) is 0 Å². The van der Waals surface area contributed by atoms with Crippen LogP contribution >= 0.6 is 11.8 Å². The Kier molecular flexibility index (Phi) is 5.03. The number of carbonyl (C=O) groups excluding carboxylic acids is 1. The molecule has 1 aromatic rings. The summed E-state index contributed by atoms with van der Waals surface area (Å²) >= 11 is 1.58. The SMILES string of the molecule is CN(C)C(=O)CSCc1ccc(C(=N)N)cc1. The zero-order chi connectivity index (χ0) is 12.8. The van der Waals surface area contributed by atoms with Crippen LogP contribution in [0, 0.1) is 5.41 Å². The van der Waals surface area contributed by atoms with E-state index in [9.17, 15) is 4.79 Å². The number of nitrogen functional groups attached to an aromatic ring is 1. The summed E-state index contributed by atoms with van der Waals surface area (Å²) in [5.41, 5.74) is 7.22. The minimum atomic E-state index is 0.0759. The van der Waals surface area contributed by atoms with Gasteiger partial charge in [0.05, 0.1) is 5.75 Å². The van der Waals surface area contributed by atoms with E-state index in [1.807, 2.05) is 24.3 Å². The first kappa shape index (κ1) is 13.6. The lowest BCUT2D eigenvalue weighted by Gasteiger charge is -2.09. The first-order chi connectivity index (χ1) is 8.00. The normalized spacial score (nSPS) is 10.0. The fourth-order valence-electron chi connectivity index (χ4n) is 1.17. The molecular weight excluding hydrogens is 234 g/mol. The number of hydrogen-bond acceptors (Lipinski definition) is 3. The minimum Gasteiger partial charge on any atom is -0.384 e. The van der Waals surface area contributed by atoms with E-state index in [1.54, 1.807) is 30.8 Å². The van der Waals surface area contributed by atoms with Crippen molar-refractivity contribution in [2.24, 2.45) is 5.73 Å². The Morgan fingerprint density at radius 3 is 2.41 bits per heavy atom. The van der Waals surface area contributed by atoms with Gasteiger partial charge < -0.3 is 10.6 Å². The highest BCUT2D eigenvalue weighted by atomic mass is 32.2. The van der Waals surface area contributed by atoms with Gasteiger partial charge in [-0.15, -0.1) is 11.8 Å². The molecule has 0 saturated carbocycles. The second kappa shape index (κ2) is 6.30. The van der Waals surface area contributed by atoms with Crippen molar-refractivity contribution in [3.8, 4) is 0 Å². The predicted molar refractivity (Wildman–Crippen MR) is 72.3 cm³/mol. The molecule has 1 aromatic carbocycles. The summed E-state index contributed by atoms with van der Waals surface area (Å²) in [5, 5.41) is 7.27. The molecule has 92 valence electrons. The highest BCUT2D eigenvalue weighted by Crippen LogP contribution is 2.13. The highest BCUT2D eigenvalue weighted by molar-refractivity contribution is 7.99. The number of nitrogens with one attached hydrogen (secondary N) is 1. The third kappa shape index (κ3) is 4.48. The number of thioether (sulfide) groups is 1. The van der Waals surface area contributed by atoms with Gasteiger partial charge in [0.25, 0.3) is 0 Å². The topological polar surface area (TPSA) is 70.2 Å². The van der Waals surface area contributed by atoms with E-state index < -0.39 is 0 Å². The Labute approximate surface area is 106 Å². The van der Waals surface area contributed by atoms with Gasteiger partial charge in [0.15, 0.2) is 0 Å². The molecule has 0 fully saturated rings. The van der Waals surface area contributed by atoms with Crippen LogP contribution in [0.25, 0.3) is 0 Å². The summed E-state index contributed by atoms with van der Waals surface area (Å²) in [7, 11) is 3.51. The van der Waals surface area contributed by atoms with Gasteiger partial charge in [0.1, 0.15) is 5.84 Å². The van der Waals surface area contributed by atoms with Crippen molar-refractivity contribution in [2.75, 3.05) is 19.8 Å². The molecule has 5 heteroatoms. The highest BCUT2D eigenvalue weighted by Gasteiger charge is 2.04. The van der Waals surface area contributed by atoms with E-state index in [1.165, 1.54) is 0 Å². The van der Waals surface area contributed by atoms with Gasteiger partial charge >= 0.3 is 0 Å². The maximum absolute atomic E-state index is 11.3. The van der Waals surface area contributed by atoms with Gasteiger partial charge in [-0.25, -0.2) is 0 Å². The van der Waals surface area contributed by atoms with E-state index in [-0.39, 0.29) is 11.7 Å². The quantitative estimate of drug-likeness (QED) is 0.612. The van der Waals surface area contributed by atoms with Crippen molar-refractivity contribution in [1.29, 1.82) is 5.41 Å². The Hall–Kier alpha value is -1.49. The van der Waals surface area contributed by atoms with Crippen LogP contribution < -0.4 is 5.73 Å². The molecule has 4 nitrogen and oxygen atoms in total. The van der Waals surface area contributed by atoms with Crippen molar-refractivity contribution in [1.82, 2.24) is 4.90 Å². The number of nitrogens with zero attached hydrogens (tertiary/aromatic N) is 1. The molecule has 0 aromatic heterocycles. The zero-order valence-corrected chi connectivity index (χ0v) is 10.9. The molecule has 0 radical (unpaired) electrons. The van der Waals surface area contributed by atoms with Crippen molar-refractivity contribution < 1.29 is 4.79 Å². The van der Waals surface area contributed by atoms with E-state index >= 15 is 0 Å². The summed E-state index contributed by atoms with van der Waals surface area (Å²) in [6, 6.07) is 7.52. The molecule has 0 spiro atoms. The third-order valence-electron chi connectivity index (χ3n) is 2.26. The molecule has 0 heterocycles. The smallest absolute Gasteiger partial charge is 0.232 e. The van der Waals surface area contributed by atoms with Gasteiger partial charge in [-0.2, -0.15) is 0 Å². The van der Waals surface area contributed by atoms with Crippen molar-refractivity contribution in [3.63, 3.8) is 0 Å². The Bertz CT molecular complexity index is 401. The van der Waals surface area contributed by atoms with Gasteiger partial charge in [0, 0.05) is 25.4 Å². The van der Waals surface area contributed by atoms with E-state index in [0.717, 1.165) is 16.9 Å². The number of amides is 1. The molecule has 3 N–H and O–H groups in total. The van der Waals surface area contributed by atoms with Gasteiger partial charge in [-0.3, -0.25) is 10.2 Å². The molecule has 1 rings (SSSR count). The van der Waals surface area contributed by atoms with Crippen molar-refractivity contribution in [3.05, 3.63) is 35.4 Å². The van der Waals surface area contributed by atoms with Crippen molar-refractivity contribution in [2.45, 2.75) is 5.75 Å². The predicted octanol–water partition coefficient (Wildman–Crippen LogP) is 1.29. The first-order valence-electron chi connectivity index (χ1n) is 5.22. The van der Waals surface area contributed by atoms with Crippen LogP contribution in [-0.4, -0.2) is 36.5 Å². The fraction of sp³-hybridized carbons (Fsp3) is 0.333. The van der Waals surface area contributed by atoms with E-state index in [0.29, 0.717) is 5.75 Å². The average Bonchev–Trinajstić information content (AvgIpc) is 2.29. The van der Waals surface area contributed by atoms with Crippen LogP contribution in [0.4, 0.5) is 0 Å². The molecule has 0 aliphatic rings. The maximum atomic E-state index is 11.3.